The zero-order chi connectivity index (χ0) is 14.1. The average molecular weight is 268 g/mol. The van der Waals surface area contributed by atoms with Crippen molar-refractivity contribution in [1.29, 1.82) is 0 Å². The van der Waals surface area contributed by atoms with E-state index in [1.807, 2.05) is 20.8 Å². The Labute approximate surface area is 114 Å². The molecule has 0 aromatic heterocycles. The summed E-state index contributed by atoms with van der Waals surface area (Å²) in [6.07, 6.45) is 3.52. The quantitative estimate of drug-likeness (QED) is 0.766. The van der Waals surface area contributed by atoms with E-state index in [1.165, 1.54) is 0 Å². The van der Waals surface area contributed by atoms with Gasteiger partial charge in [-0.3, -0.25) is 4.79 Å². The summed E-state index contributed by atoms with van der Waals surface area (Å²) in [7, 11) is 0. The third-order valence-electron chi connectivity index (χ3n) is 5.67. The van der Waals surface area contributed by atoms with Crippen LogP contribution in [0.25, 0.3) is 0 Å². The number of carbonyl (C=O) groups excluding carboxylic acids is 1. The van der Waals surface area contributed by atoms with Crippen molar-refractivity contribution in [2.45, 2.75) is 76.1 Å². The van der Waals surface area contributed by atoms with Crippen molar-refractivity contribution in [3.8, 4) is 0 Å². The van der Waals surface area contributed by atoms with Crippen molar-refractivity contribution in [3.63, 3.8) is 0 Å². The fourth-order valence-corrected chi connectivity index (χ4v) is 4.45. The first kappa shape index (κ1) is 13.4. The van der Waals surface area contributed by atoms with Gasteiger partial charge in [0, 0.05) is 19.3 Å². The Morgan fingerprint density at radius 3 is 2.47 bits per heavy atom. The minimum Gasteiger partial charge on any atom is -0.458 e. The van der Waals surface area contributed by atoms with Gasteiger partial charge >= 0.3 is 5.97 Å². The fourth-order valence-electron chi connectivity index (χ4n) is 4.45. The van der Waals surface area contributed by atoms with Crippen LogP contribution in [0.3, 0.4) is 0 Å². The third kappa shape index (κ3) is 1.83. The van der Waals surface area contributed by atoms with Crippen LogP contribution in [0.4, 0.5) is 0 Å². The lowest BCUT2D eigenvalue weighted by Gasteiger charge is -2.44. The van der Waals surface area contributed by atoms with E-state index in [9.17, 15) is 15.0 Å². The Hall–Kier alpha value is -0.610. The van der Waals surface area contributed by atoms with Crippen molar-refractivity contribution < 1.29 is 19.7 Å². The first-order valence-electron chi connectivity index (χ1n) is 7.30. The second-order valence-corrected chi connectivity index (χ2v) is 7.77. The van der Waals surface area contributed by atoms with E-state index in [1.54, 1.807) is 0 Å². The van der Waals surface area contributed by atoms with E-state index in [4.69, 9.17) is 4.74 Å². The molecule has 0 aromatic rings. The number of hydrogen-bond donors (Lipinski definition) is 2. The standard InChI is InChI=1S/C15H24O4/c1-4-12(2,3)11(16)19-14-6-10-5-13(17,7-14)8-15(10,18)9-14/h10,17-18H,4-9H2,1-3H3. The highest BCUT2D eigenvalue weighted by Gasteiger charge is 2.70. The molecule has 108 valence electrons. The largest absolute Gasteiger partial charge is 0.458 e. The lowest BCUT2D eigenvalue weighted by molar-refractivity contribution is -0.188. The van der Waals surface area contributed by atoms with Crippen molar-refractivity contribution in [2.75, 3.05) is 0 Å². The van der Waals surface area contributed by atoms with Crippen LogP contribution in [0.2, 0.25) is 0 Å². The highest BCUT2D eigenvalue weighted by Crippen LogP contribution is 2.65. The Morgan fingerprint density at radius 1 is 1.26 bits per heavy atom. The predicted molar refractivity (Wildman–Crippen MR) is 69.4 cm³/mol. The molecule has 4 nitrogen and oxygen atoms in total. The van der Waals surface area contributed by atoms with Gasteiger partial charge < -0.3 is 14.9 Å². The van der Waals surface area contributed by atoms with Gasteiger partial charge in [-0.1, -0.05) is 6.92 Å². The second-order valence-electron chi connectivity index (χ2n) is 7.77. The molecule has 4 rings (SSSR count). The van der Waals surface area contributed by atoms with Crippen molar-refractivity contribution in [2.24, 2.45) is 11.3 Å². The Morgan fingerprint density at radius 2 is 1.95 bits per heavy atom. The number of carbonyl (C=O) groups is 1. The van der Waals surface area contributed by atoms with E-state index in [-0.39, 0.29) is 11.9 Å². The number of ether oxygens (including phenoxy) is 1. The van der Waals surface area contributed by atoms with Gasteiger partial charge in [-0.05, 0) is 39.0 Å². The number of hydrogen-bond acceptors (Lipinski definition) is 4. The minimum absolute atomic E-state index is 0.0868. The van der Waals surface area contributed by atoms with Crippen molar-refractivity contribution in [1.82, 2.24) is 0 Å². The summed E-state index contributed by atoms with van der Waals surface area (Å²) >= 11 is 0. The fraction of sp³-hybridized carbons (Fsp3) is 0.933. The molecular weight excluding hydrogens is 244 g/mol. The minimum atomic E-state index is -0.827. The van der Waals surface area contributed by atoms with E-state index in [0.717, 1.165) is 6.42 Å². The predicted octanol–water partition coefficient (Wildman–Crippen LogP) is 1.77. The van der Waals surface area contributed by atoms with Gasteiger partial charge in [0.05, 0.1) is 16.6 Å². The Kier molecular flexibility index (Phi) is 2.48. The molecule has 4 aliphatic carbocycles. The molecule has 0 aliphatic heterocycles. The van der Waals surface area contributed by atoms with Gasteiger partial charge in [-0.25, -0.2) is 0 Å². The van der Waals surface area contributed by atoms with Gasteiger partial charge in [0.25, 0.3) is 0 Å². The van der Waals surface area contributed by atoms with Gasteiger partial charge in [0.2, 0.25) is 0 Å². The van der Waals surface area contributed by atoms with Crippen molar-refractivity contribution >= 4 is 5.97 Å². The first-order chi connectivity index (χ1) is 8.62. The van der Waals surface area contributed by atoms with Gasteiger partial charge in [-0.15, -0.1) is 0 Å². The molecule has 0 amide bonds. The maximum absolute atomic E-state index is 12.3. The third-order valence-corrected chi connectivity index (χ3v) is 5.67. The SMILES string of the molecule is CCC(C)(C)C(=O)OC12CC3CC(O)(C1)CC3(O)C2. The summed E-state index contributed by atoms with van der Waals surface area (Å²) in [5.41, 5.74) is -2.77. The van der Waals surface area contributed by atoms with Crippen LogP contribution in [-0.2, 0) is 9.53 Å². The summed E-state index contributed by atoms with van der Waals surface area (Å²) < 4.78 is 5.80. The summed E-state index contributed by atoms with van der Waals surface area (Å²) in [6, 6.07) is 0. The van der Waals surface area contributed by atoms with Gasteiger partial charge in [0.1, 0.15) is 5.60 Å². The normalized spacial score (nSPS) is 47.7. The van der Waals surface area contributed by atoms with E-state index < -0.39 is 22.2 Å². The van der Waals surface area contributed by atoms with Crippen LogP contribution in [0.5, 0.6) is 0 Å². The average Bonchev–Trinajstić information content (AvgIpc) is 2.55. The molecule has 0 heterocycles. The molecule has 0 aromatic carbocycles. The molecule has 0 radical (unpaired) electrons. The molecule has 4 fully saturated rings. The van der Waals surface area contributed by atoms with Gasteiger partial charge in [0.15, 0.2) is 0 Å². The maximum Gasteiger partial charge on any atom is 0.312 e. The highest BCUT2D eigenvalue weighted by atomic mass is 16.6. The molecule has 2 N–H and O–H groups in total. The van der Waals surface area contributed by atoms with E-state index in [0.29, 0.717) is 32.1 Å². The van der Waals surface area contributed by atoms with Gasteiger partial charge in [-0.2, -0.15) is 0 Å². The molecule has 4 atom stereocenters. The van der Waals surface area contributed by atoms with Crippen molar-refractivity contribution in [3.05, 3.63) is 0 Å². The van der Waals surface area contributed by atoms with Crippen LogP contribution in [0, 0.1) is 11.3 Å². The number of esters is 1. The number of aliphatic hydroxyl groups is 2. The molecule has 4 heteroatoms. The van der Waals surface area contributed by atoms with Crippen LogP contribution < -0.4 is 0 Å². The topological polar surface area (TPSA) is 66.8 Å². The van der Waals surface area contributed by atoms with E-state index in [2.05, 4.69) is 0 Å². The summed E-state index contributed by atoms with van der Waals surface area (Å²) in [4.78, 5) is 12.3. The van der Waals surface area contributed by atoms with Crippen LogP contribution in [0.1, 0.15) is 59.3 Å². The lowest BCUT2D eigenvalue weighted by atomic mass is 9.74. The zero-order valence-corrected chi connectivity index (χ0v) is 12.0. The molecular formula is C15H24O4. The number of rotatable bonds is 3. The molecule has 0 saturated heterocycles. The molecule has 4 unspecified atom stereocenters. The maximum atomic E-state index is 12.3. The Balaban J connectivity index is 1.82. The van der Waals surface area contributed by atoms with E-state index >= 15 is 0 Å². The highest BCUT2D eigenvalue weighted by molar-refractivity contribution is 5.76. The van der Waals surface area contributed by atoms with Crippen LogP contribution in [-0.4, -0.2) is 33.0 Å². The first-order valence-corrected chi connectivity index (χ1v) is 7.30. The zero-order valence-electron chi connectivity index (χ0n) is 12.0. The molecule has 4 bridgehead atoms. The Bertz CT molecular complexity index is 428. The molecule has 19 heavy (non-hydrogen) atoms. The summed E-state index contributed by atoms with van der Waals surface area (Å²) in [5, 5.41) is 21.1. The molecule has 4 aliphatic rings. The smallest absolute Gasteiger partial charge is 0.312 e. The molecule has 0 spiro atoms. The lowest BCUT2D eigenvalue weighted by Crippen LogP contribution is -2.51. The summed E-state index contributed by atoms with van der Waals surface area (Å²) in [6.45, 7) is 5.73. The summed E-state index contributed by atoms with van der Waals surface area (Å²) in [5.74, 6) is -0.118. The molecule has 4 saturated carbocycles. The monoisotopic (exact) mass is 268 g/mol. The van der Waals surface area contributed by atoms with Crippen LogP contribution in [0.15, 0.2) is 0 Å². The van der Waals surface area contributed by atoms with Crippen LogP contribution >= 0.6 is 0 Å². The second kappa shape index (κ2) is 3.53.